The van der Waals surface area contributed by atoms with Crippen LogP contribution in [0.25, 0.3) is 0 Å². The van der Waals surface area contributed by atoms with Crippen LogP contribution >= 0.6 is 23.5 Å². The summed E-state index contributed by atoms with van der Waals surface area (Å²) < 4.78 is 2.34. The smallest absolute Gasteiger partial charge is 0.223 e. The van der Waals surface area contributed by atoms with E-state index in [9.17, 15) is 4.79 Å². The minimum atomic E-state index is 0.188. The van der Waals surface area contributed by atoms with Gasteiger partial charge in [-0.15, -0.1) is 0 Å². The molecule has 1 heterocycles. The van der Waals surface area contributed by atoms with Gasteiger partial charge in [0.1, 0.15) is 0 Å². The molecule has 1 aliphatic carbocycles. The summed E-state index contributed by atoms with van der Waals surface area (Å²) in [5.41, 5.74) is 1.21. The number of nitrogens with zero attached hydrogens (tertiary/aromatic N) is 2. The highest BCUT2D eigenvalue weighted by atomic mass is 35.5. The van der Waals surface area contributed by atoms with Crippen LogP contribution in [0.3, 0.4) is 0 Å². The molecule has 1 aliphatic heterocycles. The molecule has 1 saturated carbocycles. The lowest BCUT2D eigenvalue weighted by Gasteiger charge is -2.42. The molecule has 5 heteroatoms. The van der Waals surface area contributed by atoms with E-state index in [2.05, 4.69) is 35.3 Å². The molecule has 132 valence electrons. The predicted molar refractivity (Wildman–Crippen MR) is 102 cm³/mol. The van der Waals surface area contributed by atoms with Crippen LogP contribution in [-0.4, -0.2) is 40.0 Å². The first-order valence-electron chi connectivity index (χ1n) is 9.03. The predicted octanol–water partition coefficient (Wildman–Crippen LogP) is 4.91. The van der Waals surface area contributed by atoms with Gasteiger partial charge in [-0.1, -0.05) is 42.6 Å². The average Bonchev–Trinajstić information content (AvgIpc) is 3.37. The van der Waals surface area contributed by atoms with Crippen molar-refractivity contribution in [3.63, 3.8) is 0 Å². The van der Waals surface area contributed by atoms with Gasteiger partial charge in [0, 0.05) is 29.3 Å². The number of carbonyl (C=O) groups is 1. The second kappa shape index (κ2) is 8.11. The number of likely N-dealkylation sites (tertiary alicyclic amines) is 1. The molecule has 1 amide bonds. The van der Waals surface area contributed by atoms with Crippen molar-refractivity contribution in [1.82, 2.24) is 9.21 Å². The first kappa shape index (κ1) is 18.1. The highest BCUT2D eigenvalue weighted by molar-refractivity contribution is 7.97. The highest BCUT2D eigenvalue weighted by Gasteiger charge is 2.35. The van der Waals surface area contributed by atoms with Gasteiger partial charge >= 0.3 is 0 Å². The van der Waals surface area contributed by atoms with Crippen molar-refractivity contribution in [3.05, 3.63) is 34.9 Å². The van der Waals surface area contributed by atoms with Crippen molar-refractivity contribution in [2.45, 2.75) is 62.8 Å². The summed E-state index contributed by atoms with van der Waals surface area (Å²) in [6.07, 6.45) is 6.37. The lowest BCUT2D eigenvalue weighted by Crippen LogP contribution is -2.48. The van der Waals surface area contributed by atoms with Gasteiger partial charge < -0.3 is 4.90 Å². The third kappa shape index (κ3) is 4.47. The minimum Gasteiger partial charge on any atom is -0.331 e. The monoisotopic (exact) mass is 366 g/mol. The molecule has 0 N–H and O–H groups in total. The van der Waals surface area contributed by atoms with E-state index in [1.54, 1.807) is 0 Å². The quantitative estimate of drug-likeness (QED) is 0.640. The molecule has 1 aromatic rings. The Morgan fingerprint density at radius 2 is 2.00 bits per heavy atom. The van der Waals surface area contributed by atoms with E-state index in [-0.39, 0.29) is 12.1 Å². The molecule has 3 nitrogen and oxygen atoms in total. The second-order valence-electron chi connectivity index (χ2n) is 6.94. The first-order chi connectivity index (χ1) is 11.6. The summed E-state index contributed by atoms with van der Waals surface area (Å²) in [6.45, 7) is 3.13. The van der Waals surface area contributed by atoms with Crippen molar-refractivity contribution in [1.29, 1.82) is 0 Å². The fraction of sp³-hybridized carbons (Fsp3) is 0.632. The molecule has 0 spiro atoms. The lowest BCUT2D eigenvalue weighted by molar-refractivity contribution is -0.140. The van der Waals surface area contributed by atoms with Crippen molar-refractivity contribution >= 4 is 29.5 Å². The molecule has 1 aromatic carbocycles. The number of hydrogen-bond acceptors (Lipinski definition) is 3. The Balaban J connectivity index is 1.75. The van der Waals surface area contributed by atoms with Crippen LogP contribution in [0.5, 0.6) is 0 Å². The molecule has 1 saturated heterocycles. The van der Waals surface area contributed by atoms with E-state index in [1.165, 1.54) is 18.4 Å². The van der Waals surface area contributed by atoms with Gasteiger partial charge in [0.05, 0.1) is 6.04 Å². The van der Waals surface area contributed by atoms with Gasteiger partial charge in [-0.3, -0.25) is 9.10 Å². The number of piperidine rings is 1. The number of likely N-dealkylation sites (N-methyl/N-ethyl adjacent to an activating group) is 1. The number of benzene rings is 1. The third-order valence-electron chi connectivity index (χ3n) is 4.93. The number of hydrogen-bond donors (Lipinski definition) is 0. The zero-order valence-corrected chi connectivity index (χ0v) is 16.2. The van der Waals surface area contributed by atoms with E-state index in [1.807, 2.05) is 24.1 Å². The number of rotatable bonds is 7. The average molecular weight is 367 g/mol. The Morgan fingerprint density at radius 1 is 1.29 bits per heavy atom. The SMILES string of the molecule is CC[C@@H](CN(C)SC1CC1)N1C(=O)CCC[C@H]1c1ccc(Cl)cc1. The van der Waals surface area contributed by atoms with E-state index >= 15 is 0 Å². The summed E-state index contributed by atoms with van der Waals surface area (Å²) in [5.74, 6) is 0.304. The largest absolute Gasteiger partial charge is 0.331 e. The number of halogens is 1. The zero-order valence-electron chi connectivity index (χ0n) is 14.6. The second-order valence-corrected chi connectivity index (χ2v) is 8.88. The van der Waals surface area contributed by atoms with Gasteiger partial charge in [-0.2, -0.15) is 0 Å². The molecule has 2 fully saturated rings. The maximum absolute atomic E-state index is 12.7. The van der Waals surface area contributed by atoms with Gasteiger partial charge in [0.2, 0.25) is 5.91 Å². The Labute approximate surface area is 154 Å². The summed E-state index contributed by atoms with van der Waals surface area (Å²) in [7, 11) is 2.16. The Bertz CT molecular complexity index is 561. The van der Waals surface area contributed by atoms with Gasteiger partial charge in [-0.25, -0.2) is 0 Å². The van der Waals surface area contributed by atoms with E-state index in [0.29, 0.717) is 12.3 Å². The molecule has 0 bridgehead atoms. The summed E-state index contributed by atoms with van der Waals surface area (Å²) in [4.78, 5) is 14.9. The Morgan fingerprint density at radius 3 is 2.62 bits per heavy atom. The van der Waals surface area contributed by atoms with Crippen LogP contribution < -0.4 is 0 Å². The van der Waals surface area contributed by atoms with Crippen LogP contribution in [0.15, 0.2) is 24.3 Å². The molecule has 2 aliphatic rings. The van der Waals surface area contributed by atoms with E-state index in [0.717, 1.165) is 36.1 Å². The topological polar surface area (TPSA) is 23.6 Å². The molecule has 0 radical (unpaired) electrons. The highest BCUT2D eigenvalue weighted by Crippen LogP contribution is 2.38. The van der Waals surface area contributed by atoms with Crippen molar-refractivity contribution in [2.24, 2.45) is 0 Å². The van der Waals surface area contributed by atoms with Crippen LogP contribution in [0.1, 0.15) is 57.1 Å². The summed E-state index contributed by atoms with van der Waals surface area (Å²) in [6, 6.07) is 8.48. The molecule has 0 unspecified atom stereocenters. The van der Waals surface area contributed by atoms with Gasteiger partial charge in [0.25, 0.3) is 0 Å². The van der Waals surface area contributed by atoms with Crippen LogP contribution in [0, 0.1) is 0 Å². The molecular weight excluding hydrogens is 340 g/mol. The Kier molecular flexibility index (Phi) is 6.12. The third-order valence-corrected chi connectivity index (χ3v) is 6.46. The van der Waals surface area contributed by atoms with Crippen molar-refractivity contribution < 1.29 is 4.79 Å². The molecular formula is C19H27ClN2OS. The van der Waals surface area contributed by atoms with Gasteiger partial charge in [-0.05, 0) is 56.8 Å². The van der Waals surface area contributed by atoms with Crippen LogP contribution in [0.2, 0.25) is 5.02 Å². The fourth-order valence-corrected chi connectivity index (χ4v) is 4.78. The standard InChI is InChI=1S/C19H27ClN2OS/c1-3-16(13-21(2)24-17-11-12-17)22-18(5-4-6-19(22)23)14-7-9-15(20)10-8-14/h7-10,16-18H,3-6,11-13H2,1-2H3/t16-,18-/m0/s1. The summed E-state index contributed by atoms with van der Waals surface area (Å²) >= 11 is 7.99. The van der Waals surface area contributed by atoms with Crippen LogP contribution in [0.4, 0.5) is 0 Å². The molecule has 24 heavy (non-hydrogen) atoms. The molecule has 2 atom stereocenters. The first-order valence-corrected chi connectivity index (χ1v) is 10.2. The number of carbonyl (C=O) groups excluding carboxylic acids is 1. The molecule has 3 rings (SSSR count). The maximum atomic E-state index is 12.7. The summed E-state index contributed by atoms with van der Waals surface area (Å²) in [5, 5.41) is 1.55. The van der Waals surface area contributed by atoms with Crippen LogP contribution in [-0.2, 0) is 4.79 Å². The molecule has 0 aromatic heterocycles. The fourth-order valence-electron chi connectivity index (χ4n) is 3.54. The van der Waals surface area contributed by atoms with Gasteiger partial charge in [0.15, 0.2) is 0 Å². The lowest BCUT2D eigenvalue weighted by atomic mass is 9.92. The zero-order chi connectivity index (χ0) is 17.1. The van der Waals surface area contributed by atoms with E-state index < -0.39 is 0 Å². The Hall–Kier alpha value is -0.710. The normalized spacial score (nSPS) is 22.9. The maximum Gasteiger partial charge on any atom is 0.223 e. The van der Waals surface area contributed by atoms with E-state index in [4.69, 9.17) is 11.6 Å². The number of amides is 1. The van der Waals surface area contributed by atoms with Crippen molar-refractivity contribution in [2.75, 3.05) is 13.6 Å². The minimum absolute atomic E-state index is 0.188. The van der Waals surface area contributed by atoms with Crippen molar-refractivity contribution in [3.8, 4) is 0 Å².